The lowest BCUT2D eigenvalue weighted by Crippen LogP contribution is -2.35. The van der Waals surface area contributed by atoms with Gasteiger partial charge < -0.3 is 5.32 Å². The van der Waals surface area contributed by atoms with E-state index < -0.39 is 0 Å². The summed E-state index contributed by atoms with van der Waals surface area (Å²) in [6.07, 6.45) is 10.2. The Morgan fingerprint density at radius 3 is 1.84 bits per heavy atom. The summed E-state index contributed by atoms with van der Waals surface area (Å²) in [4.78, 5) is 14.1. The Balaban J connectivity index is 3.88. The average molecular weight is 270 g/mol. The number of ketones is 1. The third kappa shape index (κ3) is 12.4. The second-order valence-corrected chi connectivity index (χ2v) is 5.47. The molecule has 3 nitrogen and oxygen atoms in total. The molecule has 0 heterocycles. The van der Waals surface area contributed by atoms with Crippen LogP contribution in [0.1, 0.15) is 65.2 Å². The van der Waals surface area contributed by atoms with Gasteiger partial charge in [-0.15, -0.1) is 0 Å². The molecule has 0 aliphatic carbocycles. The molecular weight excluding hydrogens is 236 g/mol. The Hall–Kier alpha value is -0.410. The van der Waals surface area contributed by atoms with Crippen molar-refractivity contribution >= 4 is 5.78 Å². The van der Waals surface area contributed by atoms with Crippen molar-refractivity contribution in [3.63, 3.8) is 0 Å². The van der Waals surface area contributed by atoms with Gasteiger partial charge in [-0.1, -0.05) is 52.4 Å². The van der Waals surface area contributed by atoms with E-state index in [1.807, 2.05) is 7.05 Å². The summed E-state index contributed by atoms with van der Waals surface area (Å²) in [5.41, 5.74) is 0. The van der Waals surface area contributed by atoms with Gasteiger partial charge >= 0.3 is 0 Å². The van der Waals surface area contributed by atoms with Gasteiger partial charge in [0.05, 0.1) is 13.1 Å². The number of carbonyl (C=O) groups excluding carboxylic acids is 1. The quantitative estimate of drug-likeness (QED) is 0.492. The normalized spacial score (nSPS) is 11.2. The number of Topliss-reactive ketones (excluding diaryl/α,β-unsaturated/α-hetero) is 1. The van der Waals surface area contributed by atoms with Gasteiger partial charge in [0.2, 0.25) is 0 Å². The van der Waals surface area contributed by atoms with Crippen LogP contribution in [0.2, 0.25) is 0 Å². The van der Waals surface area contributed by atoms with Gasteiger partial charge in [-0.3, -0.25) is 9.69 Å². The molecule has 0 amide bonds. The van der Waals surface area contributed by atoms with Crippen LogP contribution < -0.4 is 5.32 Å². The second-order valence-electron chi connectivity index (χ2n) is 5.47. The number of hydrogen-bond donors (Lipinski definition) is 1. The third-order valence-electron chi connectivity index (χ3n) is 3.43. The van der Waals surface area contributed by atoms with Crippen molar-refractivity contribution in [1.82, 2.24) is 10.2 Å². The minimum atomic E-state index is 0.313. The monoisotopic (exact) mass is 270 g/mol. The molecule has 114 valence electrons. The fraction of sp³-hybridized carbons (Fsp3) is 0.938. The largest absolute Gasteiger partial charge is 0.313 e. The summed E-state index contributed by atoms with van der Waals surface area (Å²) in [6.45, 7) is 7.76. The first-order valence-corrected chi connectivity index (χ1v) is 8.13. The summed E-state index contributed by atoms with van der Waals surface area (Å²) in [5, 5.41) is 2.95. The van der Waals surface area contributed by atoms with Gasteiger partial charge in [0, 0.05) is 0 Å². The zero-order valence-corrected chi connectivity index (χ0v) is 13.3. The van der Waals surface area contributed by atoms with Crippen molar-refractivity contribution in [2.24, 2.45) is 0 Å². The van der Waals surface area contributed by atoms with E-state index in [9.17, 15) is 4.79 Å². The number of carbonyl (C=O) groups is 1. The SMILES string of the molecule is CCCCCCN(CCCCCC)CC(=O)CNC. The molecule has 0 atom stereocenters. The highest BCUT2D eigenvalue weighted by Crippen LogP contribution is 2.05. The van der Waals surface area contributed by atoms with Crippen molar-refractivity contribution in [2.75, 3.05) is 33.2 Å². The molecular formula is C16H34N2O. The Bertz CT molecular complexity index is 195. The molecule has 0 saturated carbocycles. The third-order valence-corrected chi connectivity index (χ3v) is 3.43. The summed E-state index contributed by atoms with van der Waals surface area (Å²) < 4.78 is 0. The molecule has 19 heavy (non-hydrogen) atoms. The number of nitrogens with zero attached hydrogens (tertiary/aromatic N) is 1. The maximum absolute atomic E-state index is 11.7. The molecule has 0 unspecified atom stereocenters. The van der Waals surface area contributed by atoms with Gasteiger partial charge in [0.15, 0.2) is 5.78 Å². The van der Waals surface area contributed by atoms with Gasteiger partial charge in [-0.05, 0) is 33.0 Å². The maximum Gasteiger partial charge on any atom is 0.160 e. The van der Waals surface area contributed by atoms with Crippen molar-refractivity contribution in [1.29, 1.82) is 0 Å². The van der Waals surface area contributed by atoms with Crippen molar-refractivity contribution in [2.45, 2.75) is 65.2 Å². The molecule has 1 N–H and O–H groups in total. The van der Waals surface area contributed by atoms with Crippen LogP contribution in [0.3, 0.4) is 0 Å². The van der Waals surface area contributed by atoms with Gasteiger partial charge in [-0.25, -0.2) is 0 Å². The van der Waals surface area contributed by atoms with E-state index in [1.165, 1.54) is 51.4 Å². The van der Waals surface area contributed by atoms with Gasteiger partial charge in [0.1, 0.15) is 0 Å². The van der Waals surface area contributed by atoms with Crippen molar-refractivity contribution in [3.05, 3.63) is 0 Å². The molecule has 3 heteroatoms. The Labute approximate surface area is 120 Å². The van der Waals surface area contributed by atoms with Crippen LogP contribution in [0.15, 0.2) is 0 Å². The highest BCUT2D eigenvalue weighted by atomic mass is 16.1. The maximum atomic E-state index is 11.7. The summed E-state index contributed by atoms with van der Waals surface area (Å²) in [5.74, 6) is 0.313. The minimum absolute atomic E-state index is 0.313. The predicted molar refractivity (Wildman–Crippen MR) is 83.7 cm³/mol. The van der Waals surface area contributed by atoms with Crippen LogP contribution >= 0.6 is 0 Å². The van der Waals surface area contributed by atoms with E-state index in [4.69, 9.17) is 0 Å². The summed E-state index contributed by atoms with van der Waals surface area (Å²) in [6, 6.07) is 0. The van der Waals surface area contributed by atoms with Crippen molar-refractivity contribution in [3.8, 4) is 0 Å². The first-order chi connectivity index (χ1) is 9.24. The van der Waals surface area contributed by atoms with Crippen LogP contribution in [0.25, 0.3) is 0 Å². The fourth-order valence-corrected chi connectivity index (χ4v) is 2.30. The van der Waals surface area contributed by atoms with Crippen LogP contribution in [0.4, 0.5) is 0 Å². The van der Waals surface area contributed by atoms with Crippen LogP contribution in [-0.2, 0) is 4.79 Å². The topological polar surface area (TPSA) is 32.3 Å². The summed E-state index contributed by atoms with van der Waals surface area (Å²) in [7, 11) is 1.84. The molecule has 0 rings (SSSR count). The van der Waals surface area contributed by atoms with E-state index in [-0.39, 0.29) is 0 Å². The second kappa shape index (κ2) is 14.0. The molecule has 0 bridgehead atoms. The predicted octanol–water partition coefficient (Wildman–Crippen LogP) is 3.24. The molecule has 0 aliphatic heterocycles. The molecule has 0 aromatic carbocycles. The Morgan fingerprint density at radius 1 is 0.895 bits per heavy atom. The number of hydrogen-bond acceptors (Lipinski definition) is 3. The van der Waals surface area contributed by atoms with Gasteiger partial charge in [-0.2, -0.15) is 0 Å². The zero-order chi connectivity index (χ0) is 14.3. The molecule has 0 aliphatic rings. The van der Waals surface area contributed by atoms with E-state index in [2.05, 4.69) is 24.1 Å². The fourth-order valence-electron chi connectivity index (χ4n) is 2.30. The number of nitrogens with one attached hydrogen (secondary N) is 1. The Kier molecular flexibility index (Phi) is 13.7. The van der Waals surface area contributed by atoms with E-state index in [1.54, 1.807) is 0 Å². The first-order valence-electron chi connectivity index (χ1n) is 8.13. The summed E-state index contributed by atoms with van der Waals surface area (Å²) >= 11 is 0. The minimum Gasteiger partial charge on any atom is -0.313 e. The van der Waals surface area contributed by atoms with Gasteiger partial charge in [0.25, 0.3) is 0 Å². The lowest BCUT2D eigenvalue weighted by molar-refractivity contribution is -0.119. The number of likely N-dealkylation sites (N-methyl/N-ethyl adjacent to an activating group) is 1. The molecule has 0 aromatic rings. The van der Waals surface area contributed by atoms with E-state index in [0.717, 1.165) is 13.1 Å². The van der Waals surface area contributed by atoms with Crippen LogP contribution in [0, 0.1) is 0 Å². The lowest BCUT2D eigenvalue weighted by Gasteiger charge is -2.21. The smallest absolute Gasteiger partial charge is 0.160 e. The van der Waals surface area contributed by atoms with Crippen LogP contribution in [-0.4, -0.2) is 43.9 Å². The van der Waals surface area contributed by atoms with Crippen LogP contribution in [0.5, 0.6) is 0 Å². The first kappa shape index (κ1) is 18.6. The van der Waals surface area contributed by atoms with E-state index >= 15 is 0 Å². The molecule has 0 aromatic heterocycles. The molecule has 0 spiro atoms. The zero-order valence-electron chi connectivity index (χ0n) is 13.3. The lowest BCUT2D eigenvalue weighted by atomic mass is 10.1. The molecule has 0 radical (unpaired) electrons. The highest BCUT2D eigenvalue weighted by molar-refractivity contribution is 5.82. The van der Waals surface area contributed by atoms with Crippen molar-refractivity contribution < 1.29 is 4.79 Å². The standard InChI is InChI=1S/C16H34N2O/c1-4-6-8-10-12-18(13-11-9-7-5-2)15-16(19)14-17-3/h17H,4-15H2,1-3H3. The Morgan fingerprint density at radius 2 is 1.42 bits per heavy atom. The molecule has 0 saturated heterocycles. The number of unbranched alkanes of at least 4 members (excludes halogenated alkanes) is 6. The average Bonchev–Trinajstić information content (AvgIpc) is 2.39. The highest BCUT2D eigenvalue weighted by Gasteiger charge is 2.09. The number of rotatable bonds is 14. The molecule has 0 fully saturated rings. The van der Waals surface area contributed by atoms with E-state index in [0.29, 0.717) is 18.9 Å².